The van der Waals surface area contributed by atoms with Gasteiger partial charge in [0.05, 0.1) is 10.9 Å². The smallest absolute Gasteiger partial charge is 0.200 e. The third kappa shape index (κ3) is 4.52. The minimum atomic E-state index is 0.749. The van der Waals surface area contributed by atoms with E-state index in [1.807, 2.05) is 0 Å². The molecule has 5 aliphatic rings. The van der Waals surface area contributed by atoms with E-state index in [0.29, 0.717) is 0 Å². The molecule has 5 aliphatic carbocycles. The lowest BCUT2D eigenvalue weighted by atomic mass is 9.63. The molecule has 1 heteroatoms. The molecule has 0 spiro atoms. The van der Waals surface area contributed by atoms with Crippen molar-refractivity contribution < 1.29 is 4.57 Å². The molecule has 200 valence electrons. The van der Waals surface area contributed by atoms with E-state index in [9.17, 15) is 0 Å². The van der Waals surface area contributed by atoms with Crippen LogP contribution in [0, 0.1) is 18.8 Å². The highest BCUT2D eigenvalue weighted by Crippen LogP contribution is 2.50. The number of aryl methyl sites for hydroxylation is 1. The first kappa shape index (κ1) is 24.9. The normalized spacial score (nSPS) is 26.7. The molecule has 0 saturated heterocycles. The Morgan fingerprint density at radius 3 is 2.08 bits per heavy atom. The summed E-state index contributed by atoms with van der Waals surface area (Å²) in [5.74, 6) is 4.19. The van der Waals surface area contributed by atoms with E-state index in [1.165, 1.54) is 118 Å². The molecule has 38 heavy (non-hydrogen) atoms. The number of aromatic nitrogens is 1. The van der Waals surface area contributed by atoms with Gasteiger partial charge in [0, 0.05) is 6.07 Å². The van der Waals surface area contributed by atoms with E-state index in [1.54, 1.807) is 22.3 Å². The van der Waals surface area contributed by atoms with Crippen LogP contribution in [0.5, 0.6) is 0 Å². The maximum absolute atomic E-state index is 2.67. The van der Waals surface area contributed by atoms with E-state index in [2.05, 4.69) is 61.1 Å². The number of rotatable bonds is 4. The van der Waals surface area contributed by atoms with Gasteiger partial charge in [-0.2, -0.15) is 0 Å². The molecule has 1 unspecified atom stereocenters. The van der Waals surface area contributed by atoms with Gasteiger partial charge in [-0.15, -0.1) is 0 Å². The third-order valence-electron chi connectivity index (χ3n) is 11.5. The number of pyridine rings is 1. The summed E-state index contributed by atoms with van der Waals surface area (Å²) in [6, 6.07) is 15.3. The van der Waals surface area contributed by atoms with Crippen molar-refractivity contribution in [3.63, 3.8) is 0 Å². The summed E-state index contributed by atoms with van der Waals surface area (Å²) in [6.07, 6.45) is 23.6. The predicted octanol–water partition coefficient (Wildman–Crippen LogP) is 10.0. The fraction of sp³-hybridized carbons (Fsp3) is 0.595. The largest absolute Gasteiger partial charge is 0.220 e. The average Bonchev–Trinajstić information content (AvgIpc) is 2.99. The lowest BCUT2D eigenvalue weighted by molar-refractivity contribution is -0.659. The minimum absolute atomic E-state index is 0.749. The monoisotopic (exact) mass is 506 g/mol. The van der Waals surface area contributed by atoms with Gasteiger partial charge in [0.15, 0.2) is 6.20 Å². The van der Waals surface area contributed by atoms with Gasteiger partial charge >= 0.3 is 0 Å². The molecule has 0 amide bonds. The van der Waals surface area contributed by atoms with E-state index >= 15 is 0 Å². The molecule has 0 aliphatic heterocycles. The van der Waals surface area contributed by atoms with E-state index in [4.69, 9.17) is 0 Å². The van der Waals surface area contributed by atoms with Crippen LogP contribution in [-0.4, -0.2) is 0 Å². The Bertz CT molecular complexity index is 1300. The summed E-state index contributed by atoms with van der Waals surface area (Å²) in [4.78, 5) is 0. The summed E-state index contributed by atoms with van der Waals surface area (Å²) in [5, 5.41) is 2.89. The van der Waals surface area contributed by atoms with Crippen molar-refractivity contribution in [2.45, 2.75) is 121 Å². The molecule has 8 rings (SSSR count). The molecule has 1 atom stereocenters. The van der Waals surface area contributed by atoms with Crippen LogP contribution < -0.4 is 4.57 Å². The summed E-state index contributed by atoms with van der Waals surface area (Å²) in [5.41, 5.74) is 9.42. The maximum atomic E-state index is 2.67. The Kier molecular flexibility index (Phi) is 6.83. The summed E-state index contributed by atoms with van der Waals surface area (Å²) >= 11 is 0. The Balaban J connectivity index is 1.35. The summed E-state index contributed by atoms with van der Waals surface area (Å²) < 4.78 is 2.42. The molecule has 0 radical (unpaired) electrons. The first-order valence-corrected chi connectivity index (χ1v) is 16.2. The fourth-order valence-corrected chi connectivity index (χ4v) is 9.26. The number of nitrogens with zero attached hydrogens (tertiary/aromatic N) is 1. The molecule has 3 aromatic rings. The third-order valence-corrected chi connectivity index (χ3v) is 11.5. The number of hydrogen-bond acceptors (Lipinski definition) is 0. The van der Waals surface area contributed by atoms with Gasteiger partial charge in [0.2, 0.25) is 5.69 Å². The van der Waals surface area contributed by atoms with Crippen LogP contribution in [0.25, 0.3) is 22.0 Å². The van der Waals surface area contributed by atoms with Crippen LogP contribution in [0.4, 0.5) is 0 Å². The highest BCUT2D eigenvalue weighted by atomic mass is 14.9. The van der Waals surface area contributed by atoms with Crippen molar-refractivity contribution in [2.24, 2.45) is 18.9 Å². The second-order valence-electron chi connectivity index (χ2n) is 13.7. The van der Waals surface area contributed by atoms with Crippen molar-refractivity contribution in [2.75, 3.05) is 0 Å². The van der Waals surface area contributed by atoms with Crippen LogP contribution >= 0.6 is 0 Å². The summed E-state index contributed by atoms with van der Waals surface area (Å²) in [7, 11) is 2.27. The molecule has 0 N–H and O–H groups in total. The van der Waals surface area contributed by atoms with Gasteiger partial charge in [-0.1, -0.05) is 69.6 Å². The molecule has 5 fully saturated rings. The fourth-order valence-electron chi connectivity index (χ4n) is 9.26. The number of hydrogen-bond donors (Lipinski definition) is 0. The molecule has 2 aromatic carbocycles. The zero-order valence-electron chi connectivity index (χ0n) is 24.0. The van der Waals surface area contributed by atoms with Gasteiger partial charge in [-0.25, -0.2) is 4.57 Å². The van der Waals surface area contributed by atoms with Crippen LogP contribution in [-0.2, 0) is 7.05 Å². The van der Waals surface area contributed by atoms with Crippen molar-refractivity contribution in [3.8, 4) is 11.3 Å². The van der Waals surface area contributed by atoms with Crippen LogP contribution in [0.2, 0.25) is 0 Å². The van der Waals surface area contributed by atoms with Gasteiger partial charge in [0.1, 0.15) is 7.05 Å². The lowest BCUT2D eigenvalue weighted by Crippen LogP contribution is -2.31. The zero-order valence-corrected chi connectivity index (χ0v) is 24.0. The quantitative estimate of drug-likeness (QED) is 0.310. The Morgan fingerprint density at radius 2 is 1.39 bits per heavy atom. The second kappa shape index (κ2) is 10.4. The first-order valence-electron chi connectivity index (χ1n) is 16.2. The standard InChI is InChI=1S/C37H48N/c1-25-34(28-11-7-4-8-12-28)23-32(27-9-5-3-6-10-27)24-35(25)37-33-18-17-30(22-31(33)19-20-38(37)2)36-21-26-13-15-29(36)16-14-26/h17-20,22-24,26-29,36H,3-16,21H2,1-2H3/q+1. The predicted molar refractivity (Wildman–Crippen MR) is 160 cm³/mol. The molecule has 1 aromatic heterocycles. The SMILES string of the molecule is Cc1c(-c2c3ccc(C4CC5CCC4CC5)cc3cc[n+]2C)cc(C2CCCCC2)cc1C1CCCCC1. The molecule has 1 heterocycles. The van der Waals surface area contributed by atoms with Crippen LogP contribution in [0.3, 0.4) is 0 Å². The van der Waals surface area contributed by atoms with E-state index in [0.717, 1.165) is 29.6 Å². The maximum Gasteiger partial charge on any atom is 0.220 e. The van der Waals surface area contributed by atoms with Gasteiger partial charge in [0.25, 0.3) is 0 Å². The summed E-state index contributed by atoms with van der Waals surface area (Å²) in [6.45, 7) is 2.44. The Morgan fingerprint density at radius 1 is 0.684 bits per heavy atom. The van der Waals surface area contributed by atoms with Gasteiger partial charge in [-0.3, -0.25) is 0 Å². The average molecular weight is 507 g/mol. The Labute approximate surface area is 231 Å². The van der Waals surface area contributed by atoms with Gasteiger partial charge < -0.3 is 0 Å². The van der Waals surface area contributed by atoms with Gasteiger partial charge in [-0.05, 0) is 121 Å². The topological polar surface area (TPSA) is 3.88 Å². The highest BCUT2D eigenvalue weighted by molar-refractivity contribution is 5.94. The van der Waals surface area contributed by atoms with Crippen molar-refractivity contribution in [1.82, 2.24) is 0 Å². The molecule has 2 bridgehead atoms. The lowest BCUT2D eigenvalue weighted by Gasteiger charge is -2.42. The molecule has 5 saturated carbocycles. The highest BCUT2D eigenvalue weighted by Gasteiger charge is 2.36. The molecule has 1 nitrogen and oxygen atoms in total. The first-order chi connectivity index (χ1) is 18.7. The van der Waals surface area contributed by atoms with Crippen molar-refractivity contribution in [1.29, 1.82) is 0 Å². The zero-order chi connectivity index (χ0) is 25.6. The van der Waals surface area contributed by atoms with E-state index in [-0.39, 0.29) is 0 Å². The Hall–Kier alpha value is -2.15. The van der Waals surface area contributed by atoms with Crippen molar-refractivity contribution in [3.05, 3.63) is 64.8 Å². The molecular weight excluding hydrogens is 458 g/mol. The van der Waals surface area contributed by atoms with Crippen LogP contribution in [0.15, 0.2) is 42.6 Å². The second-order valence-corrected chi connectivity index (χ2v) is 13.7. The van der Waals surface area contributed by atoms with E-state index < -0.39 is 0 Å². The minimum Gasteiger partial charge on any atom is -0.200 e. The number of benzene rings is 2. The molecular formula is C37H48N+. The van der Waals surface area contributed by atoms with Crippen molar-refractivity contribution >= 4 is 10.8 Å². The number of fused-ring (bicyclic) bond motifs is 4. The van der Waals surface area contributed by atoms with Crippen LogP contribution in [0.1, 0.15) is 136 Å².